The van der Waals surface area contributed by atoms with Crippen molar-refractivity contribution in [2.45, 2.75) is 0 Å². The Morgan fingerprint density at radius 2 is 0.889 bits per heavy atom. The van der Waals surface area contributed by atoms with Crippen molar-refractivity contribution in [3.05, 3.63) is 0 Å². The molecule has 0 aromatic heterocycles. The number of hydrogen-bond donors (Lipinski definition) is 0. The fraction of sp³-hybridized carbons (Fsp3) is 0. The molecule has 0 amide bonds. The van der Waals surface area contributed by atoms with Crippen LogP contribution in [0.15, 0.2) is 0 Å². The van der Waals surface area contributed by atoms with E-state index in [1.807, 2.05) is 0 Å². The van der Waals surface area contributed by atoms with Crippen LogP contribution < -0.4 is 44.2 Å². The van der Waals surface area contributed by atoms with E-state index in [-0.39, 0.29) is 46.0 Å². The van der Waals surface area contributed by atoms with Crippen molar-refractivity contribution in [3.63, 3.8) is 0 Å². The first-order chi connectivity index (χ1) is 2.00. The maximum absolute atomic E-state index is 8.55. The SMILES string of the molecule is O.O.O.O=P([O-])([O-])[O-].[Na+]. The molecule has 0 rings (SSSR count). The summed E-state index contributed by atoms with van der Waals surface area (Å²) in [4.78, 5) is 25.6. The van der Waals surface area contributed by atoms with Gasteiger partial charge in [-0.2, -0.15) is 7.82 Å². The fourth-order valence-electron chi connectivity index (χ4n) is 0. The van der Waals surface area contributed by atoms with Crippen molar-refractivity contribution in [1.29, 1.82) is 0 Å². The van der Waals surface area contributed by atoms with Gasteiger partial charge in [-0.15, -0.1) is 0 Å². The van der Waals surface area contributed by atoms with Gasteiger partial charge in [0.05, 0.1) is 0 Å². The first-order valence-electron chi connectivity index (χ1n) is 0.730. The molecule has 0 aliphatic carbocycles. The van der Waals surface area contributed by atoms with E-state index in [1.54, 1.807) is 0 Å². The van der Waals surface area contributed by atoms with Crippen molar-refractivity contribution in [2.24, 2.45) is 0 Å². The summed E-state index contributed by atoms with van der Waals surface area (Å²) >= 11 is 0. The van der Waals surface area contributed by atoms with Gasteiger partial charge in [0, 0.05) is 0 Å². The largest absolute Gasteiger partial charge is 1.00 e. The van der Waals surface area contributed by atoms with Gasteiger partial charge in [-0.25, -0.2) is 0 Å². The zero-order valence-corrected chi connectivity index (χ0v) is 7.47. The van der Waals surface area contributed by atoms with Gasteiger partial charge < -0.3 is 35.7 Å². The van der Waals surface area contributed by atoms with Crippen LogP contribution in [0.3, 0.4) is 0 Å². The van der Waals surface area contributed by atoms with Crippen LogP contribution in [0, 0.1) is 0 Å². The minimum absolute atomic E-state index is 0. The minimum Gasteiger partial charge on any atom is -0.822 e. The van der Waals surface area contributed by atoms with Crippen LogP contribution in [0.5, 0.6) is 0 Å². The molecule has 6 N–H and O–H groups in total. The second-order valence-electron chi connectivity index (χ2n) is 0.447. The molecular formula is H6NaO7P-2. The van der Waals surface area contributed by atoms with E-state index in [1.165, 1.54) is 0 Å². The third-order valence-electron chi connectivity index (χ3n) is 0. The van der Waals surface area contributed by atoms with Crippen molar-refractivity contribution in [3.8, 4) is 0 Å². The molecule has 0 heterocycles. The van der Waals surface area contributed by atoms with Gasteiger partial charge in [0.1, 0.15) is 0 Å². The predicted molar refractivity (Wildman–Crippen MR) is 18.4 cm³/mol. The zero-order valence-electron chi connectivity index (χ0n) is 4.58. The van der Waals surface area contributed by atoms with E-state index >= 15 is 0 Å². The first kappa shape index (κ1) is 32.4. The summed E-state index contributed by atoms with van der Waals surface area (Å²) in [7, 11) is -5.39. The summed E-state index contributed by atoms with van der Waals surface area (Å²) in [6.45, 7) is 0. The first-order valence-corrected chi connectivity index (χ1v) is 2.19. The Morgan fingerprint density at radius 1 is 0.889 bits per heavy atom. The standard InChI is InChI=1S/Na.H3O4P.3H2O/c;1-5(2,3)4;;;/h;(H3,1,2,3,4);3*1H2/q+1;;;;/p-3. The Labute approximate surface area is 73.2 Å². The molecule has 0 aliphatic heterocycles. The van der Waals surface area contributed by atoms with Crippen LogP contribution >= 0.6 is 7.82 Å². The van der Waals surface area contributed by atoms with Gasteiger partial charge in [-0.05, 0) is 0 Å². The van der Waals surface area contributed by atoms with Crippen molar-refractivity contribution in [2.75, 3.05) is 0 Å². The van der Waals surface area contributed by atoms with Crippen LogP contribution in [0.1, 0.15) is 0 Å². The zero-order chi connectivity index (χ0) is 4.50. The van der Waals surface area contributed by atoms with Crippen LogP contribution in [-0.4, -0.2) is 16.4 Å². The molecule has 56 valence electrons. The summed E-state index contributed by atoms with van der Waals surface area (Å²) < 4.78 is 8.55. The van der Waals surface area contributed by atoms with Crippen molar-refractivity contribution < 1.29 is 65.2 Å². The molecule has 0 aliphatic rings. The van der Waals surface area contributed by atoms with Crippen LogP contribution in [0.25, 0.3) is 0 Å². The Kier molecular flexibility index (Phi) is 42.3. The second kappa shape index (κ2) is 11.7. The Hall–Kier alpha value is 0.990. The molecular weight excluding hydrogens is 166 g/mol. The van der Waals surface area contributed by atoms with Gasteiger partial charge in [0.25, 0.3) is 0 Å². The number of hydrogen-bond acceptors (Lipinski definition) is 4. The summed E-state index contributed by atoms with van der Waals surface area (Å²) in [5.74, 6) is 0. The Balaban J connectivity index is -0.0000000133. The molecule has 0 bridgehead atoms. The van der Waals surface area contributed by atoms with Crippen LogP contribution in [-0.2, 0) is 4.57 Å². The van der Waals surface area contributed by atoms with E-state index in [4.69, 9.17) is 19.2 Å². The predicted octanol–water partition coefficient (Wildman–Crippen LogP) is -8.29. The molecule has 0 aromatic rings. The Bertz CT molecular complexity index is 55.1. The summed E-state index contributed by atoms with van der Waals surface area (Å²) in [6, 6.07) is 0. The van der Waals surface area contributed by atoms with Gasteiger partial charge >= 0.3 is 29.6 Å². The molecule has 0 atom stereocenters. The summed E-state index contributed by atoms with van der Waals surface area (Å²) in [6.07, 6.45) is 0. The van der Waals surface area contributed by atoms with E-state index < -0.39 is 7.82 Å². The van der Waals surface area contributed by atoms with Gasteiger partial charge in [-0.1, -0.05) is 0 Å². The second-order valence-corrected chi connectivity index (χ2v) is 1.34. The molecule has 0 fully saturated rings. The van der Waals surface area contributed by atoms with Crippen LogP contribution in [0.2, 0.25) is 0 Å². The van der Waals surface area contributed by atoms with Gasteiger partial charge in [0.15, 0.2) is 0 Å². The monoisotopic (exact) mass is 172 g/mol. The van der Waals surface area contributed by atoms with Crippen LogP contribution in [0.4, 0.5) is 0 Å². The molecule has 0 saturated heterocycles. The van der Waals surface area contributed by atoms with Gasteiger partial charge in [-0.3, -0.25) is 0 Å². The molecule has 0 unspecified atom stereocenters. The van der Waals surface area contributed by atoms with E-state index in [0.717, 1.165) is 0 Å². The van der Waals surface area contributed by atoms with E-state index in [9.17, 15) is 0 Å². The molecule has 0 radical (unpaired) electrons. The maximum atomic E-state index is 8.55. The average molecular weight is 172 g/mol. The Morgan fingerprint density at radius 3 is 0.889 bits per heavy atom. The van der Waals surface area contributed by atoms with E-state index in [2.05, 4.69) is 0 Å². The fourth-order valence-corrected chi connectivity index (χ4v) is 0. The van der Waals surface area contributed by atoms with Gasteiger partial charge in [0.2, 0.25) is 0 Å². The number of phosphoric acid groups is 1. The molecule has 9 heavy (non-hydrogen) atoms. The molecule has 0 saturated carbocycles. The average Bonchev–Trinajstić information content (AvgIpc) is 0.722. The quantitative estimate of drug-likeness (QED) is 0.259. The normalized spacial score (nSPS) is 6.56. The third-order valence-corrected chi connectivity index (χ3v) is 0. The number of rotatable bonds is 0. The summed E-state index contributed by atoms with van der Waals surface area (Å²) in [5, 5.41) is 0. The maximum Gasteiger partial charge on any atom is 1.00 e. The smallest absolute Gasteiger partial charge is 0.822 e. The van der Waals surface area contributed by atoms with Crippen molar-refractivity contribution in [1.82, 2.24) is 0 Å². The summed E-state index contributed by atoms with van der Waals surface area (Å²) in [5.41, 5.74) is 0. The molecule has 7 nitrogen and oxygen atoms in total. The molecule has 9 heteroatoms. The molecule has 0 aromatic carbocycles. The van der Waals surface area contributed by atoms with E-state index in [0.29, 0.717) is 0 Å². The topological polar surface area (TPSA) is 181 Å². The molecule has 0 spiro atoms. The minimum atomic E-state index is -5.39. The van der Waals surface area contributed by atoms with Crippen molar-refractivity contribution >= 4 is 7.82 Å². The third kappa shape index (κ3) is 448.